The highest BCUT2D eigenvalue weighted by Gasteiger charge is 2.24. The van der Waals surface area contributed by atoms with E-state index in [2.05, 4.69) is 4.98 Å². The standard InChI is InChI=1S/C16H13ClF2NO3P/c1-3-24(21,22-2)9-4-7-13-12(8-9)20-16(23-13)14-11(18)6-5-10(17)15(14)19/h4-8H,3H2,1-2H3. The molecule has 0 N–H and O–H groups in total. The first-order chi connectivity index (χ1) is 11.4. The van der Waals surface area contributed by atoms with Gasteiger partial charge in [0.25, 0.3) is 0 Å². The van der Waals surface area contributed by atoms with E-state index in [4.69, 9.17) is 20.5 Å². The summed E-state index contributed by atoms with van der Waals surface area (Å²) in [6.07, 6.45) is 0.317. The van der Waals surface area contributed by atoms with Crippen molar-refractivity contribution < 1.29 is 22.3 Å². The van der Waals surface area contributed by atoms with Crippen LogP contribution in [0.2, 0.25) is 5.02 Å². The average molecular weight is 372 g/mol. The van der Waals surface area contributed by atoms with Crippen molar-refractivity contribution in [3.8, 4) is 11.5 Å². The molecule has 3 rings (SSSR count). The number of benzene rings is 2. The van der Waals surface area contributed by atoms with Crippen molar-refractivity contribution in [3.63, 3.8) is 0 Å². The fourth-order valence-corrected chi connectivity index (χ4v) is 3.99. The van der Waals surface area contributed by atoms with Gasteiger partial charge in [-0.15, -0.1) is 0 Å². The van der Waals surface area contributed by atoms with Crippen LogP contribution in [0.25, 0.3) is 22.6 Å². The fraction of sp³-hybridized carbons (Fsp3) is 0.188. The summed E-state index contributed by atoms with van der Waals surface area (Å²) in [5, 5.41) is 0.233. The van der Waals surface area contributed by atoms with E-state index in [0.29, 0.717) is 22.6 Å². The molecule has 1 aromatic heterocycles. The Labute approximate surface area is 141 Å². The third kappa shape index (κ3) is 2.75. The minimum absolute atomic E-state index is 0.232. The van der Waals surface area contributed by atoms with Gasteiger partial charge in [0.2, 0.25) is 13.3 Å². The molecule has 1 unspecified atom stereocenters. The van der Waals surface area contributed by atoms with Gasteiger partial charge in [0, 0.05) is 18.6 Å². The normalized spacial score (nSPS) is 14.0. The molecule has 0 aliphatic carbocycles. The molecule has 0 aliphatic heterocycles. The molecular weight excluding hydrogens is 359 g/mol. The van der Waals surface area contributed by atoms with Gasteiger partial charge in [0.1, 0.15) is 16.9 Å². The van der Waals surface area contributed by atoms with E-state index >= 15 is 0 Å². The zero-order valence-corrected chi connectivity index (χ0v) is 14.5. The fourth-order valence-electron chi connectivity index (χ4n) is 2.37. The number of rotatable bonds is 4. The molecule has 1 heterocycles. The summed E-state index contributed by atoms with van der Waals surface area (Å²) in [7, 11) is -1.60. The molecule has 24 heavy (non-hydrogen) atoms. The number of nitrogens with zero attached hydrogens (tertiary/aromatic N) is 1. The monoisotopic (exact) mass is 371 g/mol. The molecule has 0 spiro atoms. The van der Waals surface area contributed by atoms with E-state index in [9.17, 15) is 13.3 Å². The van der Waals surface area contributed by atoms with Gasteiger partial charge in [0.05, 0.1) is 5.02 Å². The van der Waals surface area contributed by atoms with Crippen LogP contribution < -0.4 is 5.30 Å². The summed E-state index contributed by atoms with van der Waals surface area (Å²) in [5.41, 5.74) is 0.198. The molecular formula is C16H13ClF2NO3P. The Morgan fingerprint density at radius 1 is 1.29 bits per heavy atom. The molecule has 0 bridgehead atoms. The SMILES string of the molecule is CCP(=O)(OC)c1ccc2oc(-c3c(F)ccc(Cl)c3F)nc2c1. The molecule has 0 radical (unpaired) electrons. The second-order valence-corrected chi connectivity index (χ2v) is 8.33. The van der Waals surface area contributed by atoms with E-state index in [-0.39, 0.29) is 10.9 Å². The summed E-state index contributed by atoms with van der Waals surface area (Å²) in [4.78, 5) is 4.11. The van der Waals surface area contributed by atoms with Crippen molar-refractivity contribution in [3.05, 3.63) is 47.0 Å². The third-order valence-electron chi connectivity index (χ3n) is 3.73. The Morgan fingerprint density at radius 3 is 2.71 bits per heavy atom. The predicted octanol–water partition coefficient (Wildman–Crippen LogP) is 5.00. The van der Waals surface area contributed by atoms with Crippen LogP contribution in [0.4, 0.5) is 8.78 Å². The molecule has 8 heteroatoms. The van der Waals surface area contributed by atoms with Gasteiger partial charge in [-0.3, -0.25) is 4.57 Å². The van der Waals surface area contributed by atoms with Gasteiger partial charge in [0.15, 0.2) is 11.4 Å². The quantitative estimate of drug-likeness (QED) is 0.478. The minimum Gasteiger partial charge on any atom is -0.436 e. The Kier molecular flexibility index (Phi) is 4.47. The van der Waals surface area contributed by atoms with Crippen molar-refractivity contribution in [2.24, 2.45) is 0 Å². The molecule has 0 fully saturated rings. The summed E-state index contributed by atoms with van der Waals surface area (Å²) < 4.78 is 51.2. The summed E-state index contributed by atoms with van der Waals surface area (Å²) in [6.45, 7) is 1.75. The Morgan fingerprint density at radius 2 is 2.04 bits per heavy atom. The number of oxazole rings is 1. The molecule has 0 saturated heterocycles. The highest BCUT2D eigenvalue weighted by atomic mass is 35.5. The highest BCUT2D eigenvalue weighted by Crippen LogP contribution is 2.44. The van der Waals surface area contributed by atoms with Crippen LogP contribution in [-0.2, 0) is 9.09 Å². The maximum Gasteiger partial charge on any atom is 0.233 e. The first-order valence-corrected chi connectivity index (χ1v) is 9.28. The molecule has 0 amide bonds. The molecule has 0 saturated carbocycles. The first-order valence-electron chi connectivity index (χ1n) is 7.09. The van der Waals surface area contributed by atoms with Gasteiger partial charge < -0.3 is 8.94 Å². The van der Waals surface area contributed by atoms with Crippen LogP contribution in [0.1, 0.15) is 6.92 Å². The number of hydrogen-bond acceptors (Lipinski definition) is 4. The lowest BCUT2D eigenvalue weighted by atomic mass is 10.2. The second kappa shape index (κ2) is 6.28. The third-order valence-corrected chi connectivity index (χ3v) is 6.51. The van der Waals surface area contributed by atoms with Crippen molar-refractivity contribution in [2.75, 3.05) is 13.3 Å². The molecule has 126 valence electrons. The zero-order chi connectivity index (χ0) is 17.5. The molecule has 4 nitrogen and oxygen atoms in total. The average Bonchev–Trinajstić information content (AvgIpc) is 3.00. The largest absolute Gasteiger partial charge is 0.436 e. The van der Waals surface area contributed by atoms with Crippen molar-refractivity contribution >= 4 is 35.4 Å². The smallest absolute Gasteiger partial charge is 0.233 e. The first kappa shape index (κ1) is 17.1. The zero-order valence-electron chi connectivity index (χ0n) is 12.8. The number of aromatic nitrogens is 1. The van der Waals surface area contributed by atoms with Crippen LogP contribution in [0.5, 0.6) is 0 Å². The van der Waals surface area contributed by atoms with E-state index in [1.807, 2.05) is 0 Å². The van der Waals surface area contributed by atoms with Crippen LogP contribution in [0.3, 0.4) is 0 Å². The Hall–Kier alpha value is -1.75. The lowest BCUT2D eigenvalue weighted by molar-refractivity contribution is 0.404. The van der Waals surface area contributed by atoms with E-state index in [1.165, 1.54) is 13.2 Å². The highest BCUT2D eigenvalue weighted by molar-refractivity contribution is 7.66. The minimum atomic E-state index is -2.98. The van der Waals surface area contributed by atoms with Crippen LogP contribution in [0, 0.1) is 11.6 Å². The van der Waals surface area contributed by atoms with E-state index < -0.39 is 24.6 Å². The molecule has 0 aliphatic rings. The maximum absolute atomic E-state index is 14.1. The predicted molar refractivity (Wildman–Crippen MR) is 89.2 cm³/mol. The molecule has 2 aromatic carbocycles. The Bertz CT molecular complexity index is 965. The van der Waals surface area contributed by atoms with Crippen LogP contribution in [0.15, 0.2) is 34.7 Å². The topological polar surface area (TPSA) is 52.3 Å². The van der Waals surface area contributed by atoms with Gasteiger partial charge in [-0.1, -0.05) is 18.5 Å². The lowest BCUT2D eigenvalue weighted by Gasteiger charge is -2.13. The van der Waals surface area contributed by atoms with E-state index in [0.717, 1.165) is 12.1 Å². The van der Waals surface area contributed by atoms with Gasteiger partial charge >= 0.3 is 0 Å². The van der Waals surface area contributed by atoms with Gasteiger partial charge in [-0.2, -0.15) is 0 Å². The Balaban J connectivity index is 2.17. The van der Waals surface area contributed by atoms with Crippen molar-refractivity contribution in [1.29, 1.82) is 0 Å². The maximum atomic E-state index is 14.1. The van der Waals surface area contributed by atoms with Crippen LogP contribution in [-0.4, -0.2) is 18.3 Å². The van der Waals surface area contributed by atoms with Crippen molar-refractivity contribution in [1.82, 2.24) is 4.98 Å². The van der Waals surface area contributed by atoms with Crippen molar-refractivity contribution in [2.45, 2.75) is 6.92 Å². The molecule has 3 aromatic rings. The van der Waals surface area contributed by atoms with Gasteiger partial charge in [-0.25, -0.2) is 13.8 Å². The number of fused-ring (bicyclic) bond motifs is 1. The molecule has 1 atom stereocenters. The lowest BCUT2D eigenvalue weighted by Crippen LogP contribution is -2.07. The van der Waals surface area contributed by atoms with Gasteiger partial charge in [-0.05, 0) is 30.3 Å². The summed E-state index contributed by atoms with van der Waals surface area (Å²) >= 11 is 5.69. The van der Waals surface area contributed by atoms with Crippen LogP contribution >= 0.6 is 19.0 Å². The number of halogens is 3. The number of hydrogen-bond donors (Lipinski definition) is 0. The second-order valence-electron chi connectivity index (χ2n) is 5.06. The summed E-state index contributed by atoms with van der Waals surface area (Å²) in [6, 6.07) is 6.83. The summed E-state index contributed by atoms with van der Waals surface area (Å²) in [5.74, 6) is -2.01. The van der Waals surface area contributed by atoms with E-state index in [1.54, 1.807) is 19.1 Å².